The molecule has 2 amide bonds. The molecule has 0 spiro atoms. The molecule has 0 aromatic heterocycles. The summed E-state index contributed by atoms with van der Waals surface area (Å²) < 4.78 is 29.6. The predicted octanol–water partition coefficient (Wildman–Crippen LogP) is 0.683. The van der Waals surface area contributed by atoms with Gasteiger partial charge in [-0.2, -0.15) is 9.82 Å². The summed E-state index contributed by atoms with van der Waals surface area (Å²) in [7, 11) is -4.29. The van der Waals surface area contributed by atoms with Gasteiger partial charge in [-0.05, 0) is 56.1 Å². The number of rotatable bonds is 12. The van der Waals surface area contributed by atoms with Crippen LogP contribution in [0.5, 0.6) is 0 Å². The van der Waals surface area contributed by atoms with Crippen molar-refractivity contribution in [1.82, 2.24) is 19.8 Å². The summed E-state index contributed by atoms with van der Waals surface area (Å²) in [5.41, 5.74) is 0. The Morgan fingerprint density at radius 3 is 2.56 bits per heavy atom. The molecule has 13 heteroatoms. The highest BCUT2D eigenvalue weighted by Crippen LogP contribution is 2.28. The van der Waals surface area contributed by atoms with E-state index in [4.69, 9.17) is 5.84 Å². The molecule has 2 aliphatic rings. The molecule has 0 unspecified atom stereocenters. The van der Waals surface area contributed by atoms with E-state index < -0.39 is 46.8 Å². The first-order chi connectivity index (χ1) is 18.7. The van der Waals surface area contributed by atoms with Crippen LogP contribution >= 0.6 is 0 Å². The Labute approximate surface area is 227 Å². The molecule has 2 aromatic carbocycles. The number of fused-ring (bicyclic) bond motifs is 1. The Hall–Kier alpha value is -3.55. The zero-order valence-corrected chi connectivity index (χ0v) is 22.3. The van der Waals surface area contributed by atoms with E-state index in [0.29, 0.717) is 36.7 Å². The van der Waals surface area contributed by atoms with Crippen LogP contribution in [0.25, 0.3) is 10.8 Å². The number of aliphatic carboxylic acids is 1. The third kappa shape index (κ3) is 7.31. The molecule has 1 saturated carbocycles. The zero-order valence-electron chi connectivity index (χ0n) is 21.5. The van der Waals surface area contributed by atoms with E-state index in [1.165, 1.54) is 17.3 Å². The highest BCUT2D eigenvalue weighted by molar-refractivity contribution is 7.89. The topological polar surface area (TPSA) is 174 Å². The highest BCUT2D eigenvalue weighted by Gasteiger charge is 2.40. The molecule has 39 heavy (non-hydrogen) atoms. The van der Waals surface area contributed by atoms with Crippen LogP contribution in [-0.2, 0) is 24.4 Å². The molecule has 4 rings (SSSR count). The van der Waals surface area contributed by atoms with Gasteiger partial charge in [0.15, 0.2) is 0 Å². The number of carboxylic acid groups (broad SMARTS) is 1. The predicted molar refractivity (Wildman–Crippen MR) is 145 cm³/mol. The van der Waals surface area contributed by atoms with Crippen LogP contribution in [-0.4, -0.2) is 85.7 Å². The number of nitrogens with zero attached hydrogens (tertiary/aromatic N) is 3. The Morgan fingerprint density at radius 2 is 1.90 bits per heavy atom. The molecule has 1 aliphatic heterocycles. The largest absolute Gasteiger partial charge is 0.480 e. The fourth-order valence-electron chi connectivity index (χ4n) is 4.92. The fraction of sp³-hybridized carbons (Fsp3) is 0.462. The average Bonchev–Trinajstić information content (AvgIpc) is 3.76. The van der Waals surface area contributed by atoms with E-state index in [9.17, 15) is 27.9 Å². The number of nitrogens with two attached hydrogens (primary N) is 1. The molecule has 1 heterocycles. The van der Waals surface area contributed by atoms with E-state index in [1.807, 2.05) is 0 Å². The lowest BCUT2D eigenvalue weighted by Crippen LogP contribution is -2.53. The molecule has 2 aromatic rings. The molecular formula is C26H34N6O6S. The summed E-state index contributed by atoms with van der Waals surface area (Å²) in [5.74, 6) is 2.95. The van der Waals surface area contributed by atoms with Gasteiger partial charge in [-0.1, -0.05) is 36.4 Å². The Balaban J connectivity index is 1.63. The van der Waals surface area contributed by atoms with Crippen molar-refractivity contribution >= 4 is 44.9 Å². The molecule has 0 radical (unpaired) electrons. The van der Waals surface area contributed by atoms with Crippen molar-refractivity contribution in [3.8, 4) is 0 Å². The number of carboxylic acids is 1. The number of carbonyl (C=O) groups excluding carboxylic acids is 2. The van der Waals surface area contributed by atoms with Gasteiger partial charge in [0.2, 0.25) is 21.8 Å². The summed E-state index contributed by atoms with van der Waals surface area (Å²) in [5, 5.41) is 17.3. The zero-order chi connectivity index (χ0) is 28.0. The quantitative estimate of drug-likeness (QED) is 0.127. The normalized spacial score (nSPS) is 18.6. The van der Waals surface area contributed by atoms with Gasteiger partial charge < -0.3 is 26.1 Å². The monoisotopic (exact) mass is 558 g/mol. The van der Waals surface area contributed by atoms with Gasteiger partial charge in [0.1, 0.15) is 18.9 Å². The van der Waals surface area contributed by atoms with Gasteiger partial charge in [0.05, 0.1) is 11.3 Å². The minimum absolute atomic E-state index is 0.0456. The van der Waals surface area contributed by atoms with Crippen LogP contribution in [0.1, 0.15) is 32.1 Å². The maximum Gasteiger partial charge on any atom is 0.323 e. The summed E-state index contributed by atoms with van der Waals surface area (Å²) in [4.78, 5) is 41.0. The minimum Gasteiger partial charge on any atom is -0.480 e. The lowest BCUT2D eigenvalue weighted by molar-refractivity contribution is -0.146. The third-order valence-corrected chi connectivity index (χ3v) is 8.50. The van der Waals surface area contributed by atoms with Crippen LogP contribution < -0.4 is 15.9 Å². The van der Waals surface area contributed by atoms with Crippen molar-refractivity contribution in [3.05, 3.63) is 42.5 Å². The molecule has 210 valence electrons. The number of benzene rings is 2. The number of nitrogens with one attached hydrogen (secondary N) is 2. The fourth-order valence-corrected chi connectivity index (χ4v) is 6.34. The molecule has 2 fully saturated rings. The second-order valence-electron chi connectivity index (χ2n) is 9.97. The molecule has 1 saturated heterocycles. The Kier molecular flexibility index (Phi) is 9.15. The first-order valence-corrected chi connectivity index (χ1v) is 14.4. The van der Waals surface area contributed by atoms with Crippen molar-refractivity contribution in [2.24, 2.45) is 16.9 Å². The summed E-state index contributed by atoms with van der Waals surface area (Å²) >= 11 is 0. The Bertz CT molecular complexity index is 1330. The maximum atomic E-state index is 13.6. The SMILES string of the molecule is N/N=C\N(C[C@H]1CCCNC1)C(=O)C[C@H](NS(=O)(=O)c1cccc2ccccc12)C(=O)N(CC(=O)O)C1CC1. The van der Waals surface area contributed by atoms with Gasteiger partial charge in [-0.3, -0.25) is 14.4 Å². The lowest BCUT2D eigenvalue weighted by Gasteiger charge is -2.30. The van der Waals surface area contributed by atoms with Crippen molar-refractivity contribution in [2.45, 2.75) is 49.1 Å². The standard InChI is InChI=1S/C26H34N6O6S/c27-29-17-31(15-18-5-4-12-28-14-18)24(33)13-22(26(36)32(16-25(34)35)20-10-11-20)30-39(37,38)23-9-3-7-19-6-1-2-8-21(19)23/h1-3,6-9,17-18,20,22,28,30H,4-5,10-16,27H2,(H,34,35)/b29-17-/t18-,22-/m0/s1. The van der Waals surface area contributed by atoms with Gasteiger partial charge in [-0.15, -0.1) is 0 Å². The van der Waals surface area contributed by atoms with Crippen molar-refractivity contribution in [3.63, 3.8) is 0 Å². The second kappa shape index (κ2) is 12.5. The number of amides is 2. The van der Waals surface area contributed by atoms with Crippen molar-refractivity contribution < 1.29 is 27.9 Å². The van der Waals surface area contributed by atoms with E-state index in [2.05, 4.69) is 15.1 Å². The number of piperidine rings is 1. The van der Waals surface area contributed by atoms with Crippen LogP contribution in [0.3, 0.4) is 0 Å². The van der Waals surface area contributed by atoms with Crippen molar-refractivity contribution in [1.29, 1.82) is 0 Å². The van der Waals surface area contributed by atoms with Crippen LogP contribution in [0, 0.1) is 5.92 Å². The number of hydrogen-bond acceptors (Lipinski definition) is 8. The minimum atomic E-state index is -4.29. The molecule has 2 atom stereocenters. The first-order valence-electron chi connectivity index (χ1n) is 13.0. The van der Waals surface area contributed by atoms with Crippen molar-refractivity contribution in [2.75, 3.05) is 26.2 Å². The van der Waals surface area contributed by atoms with E-state index in [1.54, 1.807) is 36.4 Å². The molecule has 5 N–H and O–H groups in total. The molecule has 1 aliphatic carbocycles. The third-order valence-electron chi connectivity index (χ3n) is 6.97. The molecule has 12 nitrogen and oxygen atoms in total. The average molecular weight is 559 g/mol. The van der Waals surface area contributed by atoms with E-state index in [0.717, 1.165) is 24.3 Å². The maximum absolute atomic E-state index is 13.6. The van der Waals surface area contributed by atoms with Gasteiger partial charge in [0, 0.05) is 18.0 Å². The van der Waals surface area contributed by atoms with Gasteiger partial charge >= 0.3 is 5.97 Å². The first kappa shape index (κ1) is 28.5. The number of hydrazone groups is 1. The number of sulfonamides is 1. The summed E-state index contributed by atoms with van der Waals surface area (Å²) in [6.07, 6.45) is 3.70. The number of carbonyl (C=O) groups is 3. The van der Waals surface area contributed by atoms with Gasteiger partial charge in [0.25, 0.3) is 0 Å². The second-order valence-corrected chi connectivity index (χ2v) is 11.7. The molecule has 0 bridgehead atoms. The van der Waals surface area contributed by atoms with E-state index in [-0.39, 0.29) is 16.9 Å². The highest BCUT2D eigenvalue weighted by atomic mass is 32.2. The summed E-state index contributed by atoms with van der Waals surface area (Å²) in [6, 6.07) is 9.86. The lowest BCUT2D eigenvalue weighted by atomic mass is 9.99. The number of hydrogen-bond donors (Lipinski definition) is 4. The molecular weight excluding hydrogens is 524 g/mol. The van der Waals surface area contributed by atoms with Crippen LogP contribution in [0.4, 0.5) is 0 Å². The van der Waals surface area contributed by atoms with Crippen LogP contribution in [0.2, 0.25) is 0 Å². The smallest absolute Gasteiger partial charge is 0.323 e. The van der Waals surface area contributed by atoms with Crippen LogP contribution in [0.15, 0.2) is 52.5 Å². The summed E-state index contributed by atoms with van der Waals surface area (Å²) in [6.45, 7) is 1.30. The Morgan fingerprint density at radius 1 is 1.15 bits per heavy atom. The van der Waals surface area contributed by atoms with E-state index >= 15 is 0 Å². The van der Waals surface area contributed by atoms with Gasteiger partial charge in [-0.25, -0.2) is 8.42 Å².